The maximum absolute atomic E-state index is 4.62. The van der Waals surface area contributed by atoms with Crippen molar-refractivity contribution in [2.75, 3.05) is 20.1 Å². The van der Waals surface area contributed by atoms with E-state index < -0.39 is 0 Å². The lowest BCUT2D eigenvalue weighted by Crippen LogP contribution is -2.32. The molecule has 0 N–H and O–H groups in total. The van der Waals surface area contributed by atoms with E-state index in [-0.39, 0.29) is 0 Å². The molecule has 0 bridgehead atoms. The first-order valence-electron chi connectivity index (χ1n) is 7.30. The van der Waals surface area contributed by atoms with Crippen LogP contribution in [0.1, 0.15) is 50.8 Å². The smallest absolute Gasteiger partial charge is 0.147 e. The van der Waals surface area contributed by atoms with Crippen LogP contribution >= 0.6 is 0 Å². The number of nitrogens with zero attached hydrogens (tertiary/aromatic N) is 4. The number of rotatable bonds is 4. The fraction of sp³-hybridized carbons (Fsp3) is 0.733. The number of allylic oxidation sites excluding steroid dienone is 2. The highest BCUT2D eigenvalue weighted by atomic mass is 15.4. The average Bonchev–Trinajstić information content (AvgIpc) is 2.71. The van der Waals surface area contributed by atoms with Gasteiger partial charge in [-0.1, -0.05) is 11.6 Å². The molecule has 1 aliphatic rings. The zero-order valence-electron chi connectivity index (χ0n) is 12.7. The van der Waals surface area contributed by atoms with Crippen LogP contribution in [-0.2, 0) is 6.42 Å². The standard InChI is InChI=1S/C15H26N4/c1-12(2)6-5-7-15-16-13(3)17-19(15)14-8-10-18(4)11-9-14/h6,14H,5,7-11H2,1-4H3. The van der Waals surface area contributed by atoms with Gasteiger partial charge in [0, 0.05) is 6.42 Å². The second kappa shape index (κ2) is 6.33. The van der Waals surface area contributed by atoms with Crippen LogP contribution in [0.5, 0.6) is 0 Å². The van der Waals surface area contributed by atoms with Crippen LogP contribution in [0.4, 0.5) is 0 Å². The minimum atomic E-state index is 0.541. The van der Waals surface area contributed by atoms with Crippen molar-refractivity contribution in [3.63, 3.8) is 0 Å². The molecule has 1 aromatic rings. The predicted octanol–water partition coefficient (Wildman–Crippen LogP) is 2.75. The first-order valence-corrected chi connectivity index (χ1v) is 7.30. The van der Waals surface area contributed by atoms with E-state index in [0.29, 0.717) is 6.04 Å². The molecule has 0 saturated carbocycles. The predicted molar refractivity (Wildman–Crippen MR) is 78.3 cm³/mol. The second-order valence-electron chi connectivity index (χ2n) is 5.87. The highest BCUT2D eigenvalue weighted by Gasteiger charge is 2.21. The number of aryl methyl sites for hydroxylation is 2. The van der Waals surface area contributed by atoms with Crippen LogP contribution < -0.4 is 0 Å². The van der Waals surface area contributed by atoms with Crippen molar-refractivity contribution in [2.24, 2.45) is 0 Å². The Morgan fingerprint density at radius 2 is 2.00 bits per heavy atom. The Kier molecular flexibility index (Phi) is 4.75. The molecule has 19 heavy (non-hydrogen) atoms. The van der Waals surface area contributed by atoms with Crippen LogP contribution in [-0.4, -0.2) is 39.8 Å². The Labute approximate surface area is 116 Å². The number of hydrogen-bond acceptors (Lipinski definition) is 3. The van der Waals surface area contributed by atoms with Crippen molar-refractivity contribution in [1.82, 2.24) is 19.7 Å². The monoisotopic (exact) mass is 262 g/mol. The van der Waals surface area contributed by atoms with E-state index in [2.05, 4.69) is 46.6 Å². The van der Waals surface area contributed by atoms with Crippen LogP contribution in [0.15, 0.2) is 11.6 Å². The molecule has 0 amide bonds. The van der Waals surface area contributed by atoms with Gasteiger partial charge in [-0.05, 0) is 60.2 Å². The van der Waals surface area contributed by atoms with Gasteiger partial charge in [-0.15, -0.1) is 0 Å². The molecule has 4 heteroatoms. The summed E-state index contributed by atoms with van der Waals surface area (Å²) in [6.07, 6.45) is 6.72. The summed E-state index contributed by atoms with van der Waals surface area (Å²) >= 11 is 0. The molecule has 0 radical (unpaired) electrons. The SMILES string of the molecule is CC(C)=CCCc1nc(C)nn1C1CCN(C)CC1. The van der Waals surface area contributed by atoms with E-state index in [1.54, 1.807) is 0 Å². The van der Waals surface area contributed by atoms with Crippen molar-refractivity contribution in [2.45, 2.75) is 52.5 Å². The molecular formula is C15H26N4. The third-order valence-electron chi connectivity index (χ3n) is 3.76. The van der Waals surface area contributed by atoms with Crippen LogP contribution in [0, 0.1) is 6.92 Å². The first kappa shape index (κ1) is 14.3. The van der Waals surface area contributed by atoms with Gasteiger partial charge in [-0.25, -0.2) is 9.67 Å². The van der Waals surface area contributed by atoms with Gasteiger partial charge in [0.05, 0.1) is 6.04 Å². The van der Waals surface area contributed by atoms with Crippen LogP contribution in [0.2, 0.25) is 0 Å². The topological polar surface area (TPSA) is 34.0 Å². The second-order valence-corrected chi connectivity index (χ2v) is 5.87. The molecule has 106 valence electrons. The van der Waals surface area contributed by atoms with Gasteiger partial charge < -0.3 is 4.90 Å². The van der Waals surface area contributed by atoms with Gasteiger partial charge in [0.15, 0.2) is 0 Å². The first-order chi connectivity index (χ1) is 9.06. The Bertz CT molecular complexity index is 435. The number of hydrogen-bond donors (Lipinski definition) is 0. The van der Waals surface area contributed by atoms with Crippen molar-refractivity contribution >= 4 is 0 Å². The van der Waals surface area contributed by atoms with Crippen molar-refractivity contribution in [3.05, 3.63) is 23.3 Å². The lowest BCUT2D eigenvalue weighted by Gasteiger charge is -2.29. The van der Waals surface area contributed by atoms with E-state index in [1.165, 1.54) is 18.4 Å². The zero-order chi connectivity index (χ0) is 13.8. The average molecular weight is 262 g/mol. The van der Waals surface area contributed by atoms with Gasteiger partial charge in [0.2, 0.25) is 0 Å². The molecule has 1 aliphatic heterocycles. The van der Waals surface area contributed by atoms with Crippen LogP contribution in [0.25, 0.3) is 0 Å². The molecule has 0 aromatic carbocycles. The fourth-order valence-corrected chi connectivity index (χ4v) is 2.67. The fourth-order valence-electron chi connectivity index (χ4n) is 2.67. The lowest BCUT2D eigenvalue weighted by atomic mass is 10.1. The Balaban J connectivity index is 2.05. The van der Waals surface area contributed by atoms with Gasteiger partial charge in [0.1, 0.15) is 11.6 Å². The summed E-state index contributed by atoms with van der Waals surface area (Å²) < 4.78 is 2.20. The highest BCUT2D eigenvalue weighted by Crippen LogP contribution is 2.22. The maximum atomic E-state index is 4.62. The molecule has 4 nitrogen and oxygen atoms in total. The number of aromatic nitrogens is 3. The summed E-state index contributed by atoms with van der Waals surface area (Å²) in [5.41, 5.74) is 1.38. The molecular weight excluding hydrogens is 236 g/mol. The molecule has 0 aliphatic carbocycles. The van der Waals surface area contributed by atoms with Crippen molar-refractivity contribution in [3.8, 4) is 0 Å². The molecule has 2 heterocycles. The van der Waals surface area contributed by atoms with E-state index in [9.17, 15) is 0 Å². The highest BCUT2D eigenvalue weighted by molar-refractivity contribution is 4.99. The van der Waals surface area contributed by atoms with E-state index >= 15 is 0 Å². The van der Waals surface area contributed by atoms with Gasteiger partial charge in [-0.3, -0.25) is 0 Å². The largest absolute Gasteiger partial charge is 0.306 e. The summed E-state index contributed by atoms with van der Waals surface area (Å²) in [5, 5.41) is 4.62. The van der Waals surface area contributed by atoms with Gasteiger partial charge in [-0.2, -0.15) is 5.10 Å². The molecule has 1 saturated heterocycles. The molecule has 2 rings (SSSR count). The third-order valence-corrected chi connectivity index (χ3v) is 3.76. The van der Waals surface area contributed by atoms with E-state index in [4.69, 9.17) is 0 Å². The Hall–Kier alpha value is -1.16. The van der Waals surface area contributed by atoms with E-state index in [0.717, 1.165) is 37.6 Å². The lowest BCUT2D eigenvalue weighted by molar-refractivity contribution is 0.209. The minimum absolute atomic E-state index is 0.541. The molecule has 1 aromatic heterocycles. The number of piperidine rings is 1. The van der Waals surface area contributed by atoms with Gasteiger partial charge >= 0.3 is 0 Å². The number of likely N-dealkylation sites (tertiary alicyclic amines) is 1. The van der Waals surface area contributed by atoms with Gasteiger partial charge in [0.25, 0.3) is 0 Å². The Morgan fingerprint density at radius 3 is 2.63 bits per heavy atom. The molecule has 0 spiro atoms. The van der Waals surface area contributed by atoms with E-state index in [1.807, 2.05) is 6.92 Å². The Morgan fingerprint density at radius 1 is 1.32 bits per heavy atom. The quantitative estimate of drug-likeness (QED) is 0.782. The minimum Gasteiger partial charge on any atom is -0.306 e. The van der Waals surface area contributed by atoms with Crippen LogP contribution in [0.3, 0.4) is 0 Å². The summed E-state index contributed by atoms with van der Waals surface area (Å²) in [7, 11) is 2.19. The zero-order valence-corrected chi connectivity index (χ0v) is 12.7. The maximum Gasteiger partial charge on any atom is 0.147 e. The summed E-state index contributed by atoms with van der Waals surface area (Å²) in [5.74, 6) is 2.07. The third kappa shape index (κ3) is 3.90. The molecule has 1 fully saturated rings. The summed E-state index contributed by atoms with van der Waals surface area (Å²) in [4.78, 5) is 7.00. The summed E-state index contributed by atoms with van der Waals surface area (Å²) in [6.45, 7) is 8.61. The van der Waals surface area contributed by atoms with Crippen molar-refractivity contribution < 1.29 is 0 Å². The normalized spacial score (nSPS) is 17.7. The molecule has 0 unspecified atom stereocenters. The summed E-state index contributed by atoms with van der Waals surface area (Å²) in [6, 6.07) is 0.541. The van der Waals surface area contributed by atoms with Crippen molar-refractivity contribution in [1.29, 1.82) is 0 Å². The molecule has 0 atom stereocenters.